The Morgan fingerprint density at radius 3 is 2.86 bits per heavy atom. The minimum atomic E-state index is -0.641. The van der Waals surface area contributed by atoms with Gasteiger partial charge < -0.3 is 5.32 Å². The lowest BCUT2D eigenvalue weighted by molar-refractivity contribution is 0.250. The molecule has 1 aliphatic rings. The molecule has 3 rings (SSSR count). The molecule has 0 radical (unpaired) electrons. The Balaban J connectivity index is 1.96. The van der Waals surface area contributed by atoms with Crippen molar-refractivity contribution in [3.8, 4) is 6.07 Å². The molecule has 3 atom stereocenters. The average molecular weight is 317 g/mol. The molecular formula is C15H17ClN6. The van der Waals surface area contributed by atoms with Crippen LogP contribution in [0.3, 0.4) is 0 Å². The first-order valence-corrected chi connectivity index (χ1v) is 7.56. The largest absolute Gasteiger partial charge is 0.306 e. The number of hydrogen-bond donors (Lipinski definition) is 1. The first-order valence-electron chi connectivity index (χ1n) is 7.18. The summed E-state index contributed by atoms with van der Waals surface area (Å²) in [4.78, 5) is 4.39. The van der Waals surface area contributed by atoms with E-state index in [-0.39, 0.29) is 12.1 Å². The third-order valence-corrected chi connectivity index (χ3v) is 4.33. The maximum atomic E-state index is 9.86. The van der Waals surface area contributed by atoms with Crippen molar-refractivity contribution in [3.63, 3.8) is 0 Å². The topological polar surface area (TPSA) is 79.4 Å². The molecule has 0 saturated carbocycles. The van der Waals surface area contributed by atoms with Gasteiger partial charge in [-0.1, -0.05) is 16.8 Å². The molecule has 0 bridgehead atoms. The minimum absolute atomic E-state index is 0.0189. The van der Waals surface area contributed by atoms with Crippen LogP contribution in [0.15, 0.2) is 24.5 Å². The Hall–Kier alpha value is -1.97. The summed E-state index contributed by atoms with van der Waals surface area (Å²) in [6.07, 6.45) is 4.79. The van der Waals surface area contributed by atoms with Gasteiger partial charge in [0.25, 0.3) is 0 Å². The Morgan fingerprint density at radius 1 is 1.45 bits per heavy atom. The van der Waals surface area contributed by atoms with E-state index in [0.717, 1.165) is 11.4 Å². The first-order chi connectivity index (χ1) is 10.5. The fourth-order valence-electron chi connectivity index (χ4n) is 3.15. The second kappa shape index (κ2) is 5.67. The van der Waals surface area contributed by atoms with E-state index >= 15 is 0 Å². The summed E-state index contributed by atoms with van der Waals surface area (Å²) < 4.78 is 1.67. The highest BCUT2D eigenvalue weighted by molar-refractivity contribution is 6.30. The standard InChI is InChI=1S/C15H17ClN6/c1-10-5-15(9-17,14-4-3-11(16)7-18-14)6-12(19-10)13-8-22(2)21-20-13/h3-4,7-8,10,12,19H,5-6H2,1-2H3/t10-,12-,15+/m0/s1. The fraction of sp³-hybridized carbons (Fsp3) is 0.467. The van der Waals surface area contributed by atoms with Crippen molar-refractivity contribution in [2.45, 2.75) is 37.3 Å². The molecule has 0 aromatic carbocycles. The van der Waals surface area contributed by atoms with Gasteiger partial charge in [-0.2, -0.15) is 5.26 Å². The van der Waals surface area contributed by atoms with Crippen LogP contribution >= 0.6 is 11.6 Å². The van der Waals surface area contributed by atoms with Crippen LogP contribution in [0.2, 0.25) is 5.02 Å². The summed E-state index contributed by atoms with van der Waals surface area (Å²) in [5.41, 5.74) is 0.974. The predicted octanol–water partition coefficient (Wildman–Crippen LogP) is 2.14. The van der Waals surface area contributed by atoms with E-state index in [4.69, 9.17) is 11.6 Å². The Labute approximate surface area is 134 Å². The molecular weight excluding hydrogens is 300 g/mol. The van der Waals surface area contributed by atoms with Gasteiger partial charge in [-0.3, -0.25) is 9.67 Å². The summed E-state index contributed by atoms with van der Waals surface area (Å²) in [5.74, 6) is 0. The van der Waals surface area contributed by atoms with E-state index in [0.29, 0.717) is 17.9 Å². The lowest BCUT2D eigenvalue weighted by atomic mass is 9.71. The molecule has 22 heavy (non-hydrogen) atoms. The molecule has 2 aromatic rings. The van der Waals surface area contributed by atoms with Crippen molar-refractivity contribution in [3.05, 3.63) is 40.9 Å². The molecule has 1 fully saturated rings. The zero-order valence-corrected chi connectivity index (χ0v) is 13.2. The molecule has 0 spiro atoms. The average Bonchev–Trinajstić information content (AvgIpc) is 2.94. The number of hydrogen-bond acceptors (Lipinski definition) is 5. The quantitative estimate of drug-likeness (QED) is 0.918. The second-order valence-electron chi connectivity index (χ2n) is 5.90. The van der Waals surface area contributed by atoms with Gasteiger partial charge in [-0.25, -0.2) is 0 Å². The maximum Gasteiger partial charge on any atom is 0.103 e. The van der Waals surface area contributed by atoms with Crippen molar-refractivity contribution in [2.24, 2.45) is 7.05 Å². The zero-order chi connectivity index (χ0) is 15.7. The van der Waals surface area contributed by atoms with Crippen LogP contribution in [0.4, 0.5) is 0 Å². The smallest absolute Gasteiger partial charge is 0.103 e. The van der Waals surface area contributed by atoms with Crippen LogP contribution in [-0.4, -0.2) is 26.0 Å². The monoisotopic (exact) mass is 316 g/mol. The molecule has 6 nitrogen and oxygen atoms in total. The van der Waals surface area contributed by atoms with Gasteiger partial charge >= 0.3 is 0 Å². The van der Waals surface area contributed by atoms with Crippen LogP contribution in [0.1, 0.15) is 37.2 Å². The summed E-state index contributed by atoms with van der Waals surface area (Å²) in [5, 5.41) is 22.1. The number of rotatable bonds is 2. The molecule has 3 heterocycles. The Morgan fingerprint density at radius 2 is 2.27 bits per heavy atom. The second-order valence-corrected chi connectivity index (χ2v) is 6.34. The van der Waals surface area contributed by atoms with Gasteiger partial charge in [-0.15, -0.1) is 5.10 Å². The van der Waals surface area contributed by atoms with Gasteiger partial charge in [-0.05, 0) is 31.9 Å². The highest BCUT2D eigenvalue weighted by Gasteiger charge is 2.43. The lowest BCUT2D eigenvalue weighted by Gasteiger charge is -2.39. The van der Waals surface area contributed by atoms with Crippen molar-refractivity contribution < 1.29 is 0 Å². The predicted molar refractivity (Wildman–Crippen MR) is 82.1 cm³/mol. The number of aromatic nitrogens is 4. The summed E-state index contributed by atoms with van der Waals surface area (Å²) in [7, 11) is 1.83. The molecule has 114 valence electrons. The van der Waals surface area contributed by atoms with E-state index in [1.54, 1.807) is 16.9 Å². The van der Waals surface area contributed by atoms with Gasteiger partial charge in [0.05, 0.1) is 28.5 Å². The molecule has 1 N–H and O–H groups in total. The SMILES string of the molecule is C[C@H]1C[C@@](C#N)(c2ccc(Cl)cn2)C[C@@H](c2cn(C)nn2)N1. The lowest BCUT2D eigenvalue weighted by Crippen LogP contribution is -2.46. The number of nitrogens with one attached hydrogen (secondary N) is 1. The van der Waals surface area contributed by atoms with Crippen LogP contribution < -0.4 is 5.32 Å². The minimum Gasteiger partial charge on any atom is -0.306 e. The van der Waals surface area contributed by atoms with Crippen LogP contribution in [-0.2, 0) is 12.5 Å². The molecule has 7 heteroatoms. The molecule has 1 saturated heterocycles. The van der Waals surface area contributed by atoms with Crippen LogP contribution in [0.25, 0.3) is 0 Å². The summed E-state index contributed by atoms with van der Waals surface area (Å²) in [6, 6.07) is 6.28. The highest BCUT2D eigenvalue weighted by atomic mass is 35.5. The van der Waals surface area contributed by atoms with E-state index in [9.17, 15) is 5.26 Å². The fourth-order valence-corrected chi connectivity index (χ4v) is 3.26. The van der Waals surface area contributed by atoms with E-state index in [1.807, 2.05) is 19.3 Å². The van der Waals surface area contributed by atoms with Crippen molar-refractivity contribution >= 4 is 11.6 Å². The van der Waals surface area contributed by atoms with E-state index < -0.39 is 5.41 Å². The molecule has 0 unspecified atom stereocenters. The number of halogens is 1. The van der Waals surface area contributed by atoms with Crippen molar-refractivity contribution in [2.75, 3.05) is 0 Å². The van der Waals surface area contributed by atoms with Gasteiger partial charge in [0.2, 0.25) is 0 Å². The van der Waals surface area contributed by atoms with E-state index in [1.165, 1.54) is 0 Å². The van der Waals surface area contributed by atoms with Gasteiger partial charge in [0.15, 0.2) is 0 Å². The van der Waals surface area contributed by atoms with Crippen LogP contribution in [0.5, 0.6) is 0 Å². The van der Waals surface area contributed by atoms with Crippen molar-refractivity contribution in [1.82, 2.24) is 25.3 Å². The molecule has 0 aliphatic carbocycles. The van der Waals surface area contributed by atoms with Crippen LogP contribution in [0, 0.1) is 11.3 Å². The number of piperidine rings is 1. The zero-order valence-electron chi connectivity index (χ0n) is 12.5. The Bertz CT molecular complexity index is 704. The first kappa shape index (κ1) is 14.9. The maximum absolute atomic E-state index is 9.86. The molecule has 1 aliphatic heterocycles. The highest BCUT2D eigenvalue weighted by Crippen LogP contribution is 2.40. The van der Waals surface area contributed by atoms with E-state index in [2.05, 4.69) is 33.6 Å². The normalized spacial score (nSPS) is 28.3. The number of aryl methyl sites for hydroxylation is 1. The molecule has 2 aromatic heterocycles. The van der Waals surface area contributed by atoms with Crippen molar-refractivity contribution in [1.29, 1.82) is 5.26 Å². The Kier molecular flexibility index (Phi) is 3.85. The third-order valence-electron chi connectivity index (χ3n) is 4.10. The summed E-state index contributed by atoms with van der Waals surface area (Å²) >= 11 is 5.92. The third kappa shape index (κ3) is 2.70. The van der Waals surface area contributed by atoms with Gasteiger partial charge in [0, 0.05) is 25.5 Å². The number of nitriles is 1. The number of pyridine rings is 1. The number of nitrogens with zero attached hydrogens (tertiary/aromatic N) is 5. The summed E-state index contributed by atoms with van der Waals surface area (Å²) in [6.45, 7) is 2.07. The molecule has 0 amide bonds. The van der Waals surface area contributed by atoms with Gasteiger partial charge in [0.1, 0.15) is 5.41 Å².